The minimum absolute atomic E-state index is 0.0189. The summed E-state index contributed by atoms with van der Waals surface area (Å²) < 4.78 is 10.3. The molecule has 0 atom stereocenters. The second-order valence-corrected chi connectivity index (χ2v) is 5.17. The Morgan fingerprint density at radius 3 is 2.42 bits per heavy atom. The van der Waals surface area contributed by atoms with Gasteiger partial charge in [-0.05, 0) is 39.3 Å². The number of carbonyl (C=O) groups is 2. The lowest BCUT2D eigenvalue weighted by Gasteiger charge is -2.20. The molecule has 5 nitrogen and oxygen atoms in total. The molecule has 0 unspecified atom stereocenters. The van der Waals surface area contributed by atoms with Crippen molar-refractivity contribution in [3.63, 3.8) is 0 Å². The van der Waals surface area contributed by atoms with E-state index < -0.39 is 5.60 Å². The summed E-state index contributed by atoms with van der Waals surface area (Å²) in [5.41, 5.74) is 0.342. The minimum Gasteiger partial charge on any atom is -0.480 e. The van der Waals surface area contributed by atoms with Gasteiger partial charge in [-0.15, -0.1) is 0 Å². The number of carbonyl (C=O) groups excluding carboxylic acids is 2. The molecule has 0 spiro atoms. The number of hydrogen-bond donors (Lipinski definition) is 0. The van der Waals surface area contributed by atoms with E-state index in [4.69, 9.17) is 9.47 Å². The second-order valence-electron chi connectivity index (χ2n) is 5.17. The number of methoxy groups -OCH3 is 1. The molecule has 104 valence electrons. The molecule has 1 aromatic heterocycles. The fraction of sp³-hybridized carbons (Fsp3) is 0.500. The van der Waals surface area contributed by atoms with Crippen LogP contribution in [0.5, 0.6) is 5.88 Å². The zero-order valence-electron chi connectivity index (χ0n) is 11.9. The summed E-state index contributed by atoms with van der Waals surface area (Å²) in [4.78, 5) is 27.4. The summed E-state index contributed by atoms with van der Waals surface area (Å²) in [6.07, 6.45) is 1.52. The molecule has 1 aromatic rings. The van der Waals surface area contributed by atoms with Crippen LogP contribution in [0, 0.1) is 0 Å². The minimum atomic E-state index is -0.551. The standard InChI is InChI=1S/C14H19NO4/c1-9(16)12-10(6-7-15-13(12)18-5)8-11(17)19-14(2,3)4/h6-7H,8H2,1-5H3. The summed E-state index contributed by atoms with van der Waals surface area (Å²) in [6.45, 7) is 6.80. The number of nitrogens with zero attached hydrogens (tertiary/aromatic N) is 1. The first-order valence-corrected chi connectivity index (χ1v) is 5.99. The van der Waals surface area contributed by atoms with Gasteiger partial charge in [-0.25, -0.2) is 4.98 Å². The molecule has 0 saturated heterocycles. The topological polar surface area (TPSA) is 65.5 Å². The molecule has 1 rings (SSSR count). The Morgan fingerprint density at radius 2 is 1.95 bits per heavy atom. The number of Topliss-reactive ketones (excluding diaryl/α,β-unsaturated/α-hetero) is 1. The van der Waals surface area contributed by atoms with E-state index in [1.54, 1.807) is 26.8 Å². The average Bonchev–Trinajstić information content (AvgIpc) is 2.25. The zero-order valence-corrected chi connectivity index (χ0v) is 11.9. The quantitative estimate of drug-likeness (QED) is 0.616. The molecule has 0 radical (unpaired) electrons. The molecule has 0 saturated carbocycles. The van der Waals surface area contributed by atoms with E-state index in [0.717, 1.165) is 0 Å². The van der Waals surface area contributed by atoms with Crippen molar-refractivity contribution < 1.29 is 19.1 Å². The molecule has 0 amide bonds. The van der Waals surface area contributed by atoms with Gasteiger partial charge in [0, 0.05) is 6.20 Å². The molecule has 0 aromatic carbocycles. The maximum absolute atomic E-state index is 11.8. The molecule has 0 fully saturated rings. The highest BCUT2D eigenvalue weighted by atomic mass is 16.6. The predicted molar refractivity (Wildman–Crippen MR) is 70.3 cm³/mol. The Bertz CT molecular complexity index is 489. The number of aromatic nitrogens is 1. The maximum atomic E-state index is 11.8. The zero-order chi connectivity index (χ0) is 14.6. The number of ether oxygens (including phenoxy) is 2. The average molecular weight is 265 g/mol. The van der Waals surface area contributed by atoms with Crippen LogP contribution in [-0.2, 0) is 16.0 Å². The number of pyridine rings is 1. The predicted octanol–water partition coefficient (Wildman–Crippen LogP) is 2.18. The van der Waals surface area contributed by atoms with Crippen LogP contribution in [0.4, 0.5) is 0 Å². The van der Waals surface area contributed by atoms with Crippen LogP contribution in [0.25, 0.3) is 0 Å². The summed E-state index contributed by atoms with van der Waals surface area (Å²) >= 11 is 0. The Balaban J connectivity index is 3.01. The van der Waals surface area contributed by atoms with Crippen molar-refractivity contribution in [2.24, 2.45) is 0 Å². The van der Waals surface area contributed by atoms with Gasteiger partial charge in [0.25, 0.3) is 0 Å². The van der Waals surface area contributed by atoms with Crippen molar-refractivity contribution in [3.8, 4) is 5.88 Å². The smallest absolute Gasteiger partial charge is 0.310 e. The van der Waals surface area contributed by atoms with Crippen molar-refractivity contribution in [2.45, 2.75) is 39.7 Å². The van der Waals surface area contributed by atoms with E-state index in [0.29, 0.717) is 11.1 Å². The Kier molecular flexibility index (Phi) is 4.64. The van der Waals surface area contributed by atoms with Crippen molar-refractivity contribution in [2.75, 3.05) is 7.11 Å². The van der Waals surface area contributed by atoms with Crippen molar-refractivity contribution in [3.05, 3.63) is 23.4 Å². The first-order valence-electron chi connectivity index (χ1n) is 5.99. The first kappa shape index (κ1) is 15.1. The van der Waals surface area contributed by atoms with Crippen LogP contribution in [0.2, 0.25) is 0 Å². The summed E-state index contributed by atoms with van der Waals surface area (Å²) in [5, 5.41) is 0. The van der Waals surface area contributed by atoms with E-state index in [2.05, 4.69) is 4.98 Å². The van der Waals surface area contributed by atoms with Crippen LogP contribution in [0.15, 0.2) is 12.3 Å². The Morgan fingerprint density at radius 1 is 1.32 bits per heavy atom. The van der Waals surface area contributed by atoms with Gasteiger partial charge in [-0.1, -0.05) is 0 Å². The molecule has 1 heterocycles. The maximum Gasteiger partial charge on any atom is 0.310 e. The van der Waals surface area contributed by atoms with Crippen LogP contribution in [-0.4, -0.2) is 29.4 Å². The van der Waals surface area contributed by atoms with Gasteiger partial charge in [0.15, 0.2) is 5.78 Å². The monoisotopic (exact) mass is 265 g/mol. The molecule has 0 aliphatic heterocycles. The number of hydrogen-bond acceptors (Lipinski definition) is 5. The summed E-state index contributed by atoms with van der Waals surface area (Å²) in [6, 6.07) is 1.63. The summed E-state index contributed by atoms with van der Waals surface area (Å²) in [7, 11) is 1.44. The Hall–Kier alpha value is -1.91. The number of esters is 1. The van der Waals surface area contributed by atoms with Gasteiger partial charge in [0.1, 0.15) is 5.60 Å². The van der Waals surface area contributed by atoms with Crippen LogP contribution in [0.1, 0.15) is 43.6 Å². The second kappa shape index (κ2) is 5.82. The first-order chi connectivity index (χ1) is 8.74. The Labute approximate surface area is 112 Å². The highest BCUT2D eigenvalue weighted by Gasteiger charge is 2.21. The van der Waals surface area contributed by atoms with E-state index in [9.17, 15) is 9.59 Å². The molecule has 0 N–H and O–H groups in total. The van der Waals surface area contributed by atoms with E-state index in [-0.39, 0.29) is 24.1 Å². The van der Waals surface area contributed by atoms with Crippen LogP contribution < -0.4 is 4.74 Å². The van der Waals surface area contributed by atoms with Crippen molar-refractivity contribution in [1.29, 1.82) is 0 Å². The van der Waals surface area contributed by atoms with E-state index in [1.807, 2.05) is 0 Å². The van der Waals surface area contributed by atoms with Crippen LogP contribution >= 0.6 is 0 Å². The molecule has 0 aliphatic rings. The molecule has 0 bridgehead atoms. The van der Waals surface area contributed by atoms with Gasteiger partial charge in [0.05, 0.1) is 19.1 Å². The van der Waals surface area contributed by atoms with Gasteiger partial charge < -0.3 is 9.47 Å². The van der Waals surface area contributed by atoms with Crippen LogP contribution in [0.3, 0.4) is 0 Å². The number of ketones is 1. The fourth-order valence-electron chi connectivity index (χ4n) is 1.69. The largest absolute Gasteiger partial charge is 0.480 e. The third-order valence-corrected chi connectivity index (χ3v) is 2.30. The molecule has 19 heavy (non-hydrogen) atoms. The third kappa shape index (κ3) is 4.35. The van der Waals surface area contributed by atoms with Crippen molar-refractivity contribution in [1.82, 2.24) is 4.98 Å². The molecular weight excluding hydrogens is 246 g/mol. The van der Waals surface area contributed by atoms with Gasteiger partial charge in [-0.2, -0.15) is 0 Å². The summed E-state index contributed by atoms with van der Waals surface area (Å²) in [5.74, 6) is -0.347. The van der Waals surface area contributed by atoms with Crippen molar-refractivity contribution >= 4 is 11.8 Å². The number of rotatable bonds is 4. The highest BCUT2D eigenvalue weighted by molar-refractivity contribution is 5.98. The third-order valence-electron chi connectivity index (χ3n) is 2.30. The lowest BCUT2D eigenvalue weighted by molar-refractivity contribution is -0.153. The fourth-order valence-corrected chi connectivity index (χ4v) is 1.69. The molecule has 5 heteroatoms. The molecular formula is C14H19NO4. The van der Waals surface area contributed by atoms with E-state index in [1.165, 1.54) is 20.2 Å². The lowest BCUT2D eigenvalue weighted by Crippen LogP contribution is -2.25. The van der Waals surface area contributed by atoms with Gasteiger partial charge >= 0.3 is 5.97 Å². The molecule has 0 aliphatic carbocycles. The van der Waals surface area contributed by atoms with E-state index >= 15 is 0 Å². The van der Waals surface area contributed by atoms with Gasteiger partial charge in [-0.3, -0.25) is 9.59 Å². The highest BCUT2D eigenvalue weighted by Crippen LogP contribution is 2.21. The SMILES string of the molecule is COc1nccc(CC(=O)OC(C)(C)C)c1C(C)=O. The lowest BCUT2D eigenvalue weighted by atomic mass is 10.0. The van der Waals surface area contributed by atoms with Gasteiger partial charge in [0.2, 0.25) is 5.88 Å². The normalized spacial score (nSPS) is 11.0.